The van der Waals surface area contributed by atoms with Gasteiger partial charge in [0.05, 0.1) is 61.6 Å². The van der Waals surface area contributed by atoms with Crippen LogP contribution in [0.4, 0.5) is 0 Å². The minimum atomic E-state index is 0.0799. The first-order valence-electron chi connectivity index (χ1n) is 26.2. The monoisotopic (exact) mass is 1010 g/mol. The topological polar surface area (TPSA) is 144 Å². The summed E-state index contributed by atoms with van der Waals surface area (Å²) in [4.78, 5) is 23.4. The van der Waals surface area contributed by atoms with Gasteiger partial charge < -0.3 is 49.0 Å². The second-order valence-corrected chi connectivity index (χ2v) is 20.9. The van der Waals surface area contributed by atoms with Crippen molar-refractivity contribution in [2.75, 3.05) is 48.1 Å². The van der Waals surface area contributed by atoms with Gasteiger partial charge in [0.15, 0.2) is 23.0 Å². The molecule has 6 aromatic carbocycles. The average Bonchev–Trinajstić information content (AvgIpc) is 4.13. The molecule has 0 saturated carbocycles. The zero-order valence-electron chi connectivity index (χ0n) is 43.8. The zero-order valence-corrected chi connectivity index (χ0v) is 43.8. The first kappa shape index (κ1) is 47.3. The molecule has 7 aliphatic rings. The van der Waals surface area contributed by atoms with E-state index >= 15 is 0 Å². The molecule has 0 bridgehead atoms. The molecule has 0 unspecified atom stereocenters. The number of ether oxygens (including phenoxy) is 4. The second-order valence-electron chi connectivity index (χ2n) is 20.9. The van der Waals surface area contributed by atoms with Crippen molar-refractivity contribution in [1.29, 1.82) is 0 Å². The van der Waals surface area contributed by atoms with Gasteiger partial charge in [0.25, 0.3) is 0 Å². The third kappa shape index (κ3) is 7.68. The Morgan fingerprint density at radius 2 is 0.803 bits per heavy atom. The fourth-order valence-corrected chi connectivity index (χ4v) is 12.7. The van der Waals surface area contributed by atoms with Crippen LogP contribution in [0.2, 0.25) is 0 Å². The van der Waals surface area contributed by atoms with Gasteiger partial charge in [0.2, 0.25) is 0 Å². The molecule has 13 heteroatoms. The summed E-state index contributed by atoms with van der Waals surface area (Å²) in [7, 11) is 6.53. The van der Waals surface area contributed by atoms with Gasteiger partial charge in [-0.1, -0.05) is 36.4 Å². The number of hydrogen-bond donors (Lipinski definition) is 3. The van der Waals surface area contributed by atoms with E-state index in [0.717, 1.165) is 147 Å². The number of fused-ring (bicyclic) bond motifs is 12. The van der Waals surface area contributed by atoms with Gasteiger partial charge in [-0.25, -0.2) is 15.0 Å². The predicted molar refractivity (Wildman–Crippen MR) is 289 cm³/mol. The van der Waals surface area contributed by atoms with Crippen LogP contribution in [-0.2, 0) is 38.9 Å². The first-order chi connectivity index (χ1) is 37.0. The molecule has 7 aliphatic heterocycles. The molecule has 0 radical (unpaired) electrons. The Kier molecular flexibility index (Phi) is 11.5. The van der Waals surface area contributed by atoms with Crippen molar-refractivity contribution in [2.45, 2.75) is 72.0 Å². The molecular weight excluding hydrogens is 953 g/mol. The number of hydrogen-bond acceptors (Lipinski definition) is 13. The Morgan fingerprint density at radius 3 is 1.21 bits per heavy atom. The van der Waals surface area contributed by atoms with E-state index in [1.165, 1.54) is 11.1 Å². The SMILES string of the molecule is COc1ccc2c(c1)=NC1=C3Cc4ccc(OC)c(O)c4CN4CCC5=c6ccc(OC)cc6=NC5=C4Cc4ccc(OC)c(O)c4CN4CCC5=c6ccc(C)cc6=NC5=C4Cc4ccc(C)c(O)c4CN3CCC=21. The van der Waals surface area contributed by atoms with Gasteiger partial charge >= 0.3 is 0 Å². The molecule has 6 aromatic rings. The van der Waals surface area contributed by atoms with Gasteiger partial charge in [0.1, 0.15) is 17.2 Å². The van der Waals surface area contributed by atoms with E-state index in [1.54, 1.807) is 28.4 Å². The molecule has 0 spiro atoms. The first-order valence-corrected chi connectivity index (χ1v) is 26.2. The van der Waals surface area contributed by atoms with Crippen molar-refractivity contribution in [2.24, 2.45) is 15.0 Å². The van der Waals surface area contributed by atoms with Crippen molar-refractivity contribution in [3.63, 3.8) is 0 Å². The van der Waals surface area contributed by atoms with Gasteiger partial charge in [-0.2, -0.15) is 0 Å². The minimum absolute atomic E-state index is 0.0799. The van der Waals surface area contributed by atoms with Crippen LogP contribution in [0, 0.1) is 13.8 Å². The van der Waals surface area contributed by atoms with Crippen LogP contribution in [0.5, 0.6) is 40.2 Å². The van der Waals surface area contributed by atoms with E-state index in [4.69, 9.17) is 33.9 Å². The van der Waals surface area contributed by atoms with Crippen molar-refractivity contribution >= 4 is 16.7 Å². The Bertz CT molecular complexity index is 4040. The standard InChI is InChI=1S/C63H60N6O7/c1-34-7-14-41-44-19-23-68-32-48-38(11-18-57(76-6)62(48)71)28-55-60-46(43-16-13-40(74-4)30-52(43)66-60)21-24-69(55)33-49-37(10-17-56(75-5)63(49)72)27-54-59-45(42-15-12-39(73-3)29-51(42)65-59)20-22-67(54)31-47-36(9-8-35(2)61(47)70)26-53(68)58(44)64-50(41)25-34/h7-18,25,29-30,70-72H,19-24,26-28,31-33H2,1-6H3. The van der Waals surface area contributed by atoms with Crippen molar-refractivity contribution in [3.8, 4) is 40.2 Å². The van der Waals surface area contributed by atoms with Crippen molar-refractivity contribution in [3.05, 3.63) is 201 Å². The number of benzene rings is 6. The number of rotatable bonds is 4. The predicted octanol–water partition coefficient (Wildman–Crippen LogP) is 6.20. The van der Waals surface area contributed by atoms with Crippen molar-refractivity contribution < 1.29 is 34.3 Å². The molecule has 76 heavy (non-hydrogen) atoms. The maximum absolute atomic E-state index is 12.5. The number of methoxy groups -OCH3 is 4. The fourth-order valence-electron chi connectivity index (χ4n) is 12.7. The Hall–Kier alpha value is -8.45. The van der Waals surface area contributed by atoms with Crippen LogP contribution < -0.4 is 50.7 Å². The molecule has 0 fully saturated rings. The molecule has 384 valence electrons. The number of phenolic OH excluding ortho intramolecular Hbond substituents is 3. The molecule has 0 atom stereocenters. The lowest BCUT2D eigenvalue weighted by molar-refractivity contribution is 0.300. The number of allylic oxidation sites excluding steroid dienone is 6. The summed E-state index contributed by atoms with van der Waals surface area (Å²) in [5, 5.41) is 43.3. The van der Waals surface area contributed by atoms with Crippen LogP contribution in [0.25, 0.3) is 16.7 Å². The molecule has 13 rings (SSSR count). The van der Waals surface area contributed by atoms with Crippen LogP contribution in [0.3, 0.4) is 0 Å². The average molecular weight is 1010 g/mol. The van der Waals surface area contributed by atoms with Gasteiger partial charge in [0, 0.05) is 120 Å². The summed E-state index contributed by atoms with van der Waals surface area (Å²) in [6.45, 7) is 7.18. The summed E-state index contributed by atoms with van der Waals surface area (Å²) in [6.07, 6.45) is 3.57. The summed E-state index contributed by atoms with van der Waals surface area (Å²) in [5.41, 5.74) is 16.4. The number of aromatic hydroxyl groups is 3. The van der Waals surface area contributed by atoms with E-state index in [-0.39, 0.29) is 17.2 Å². The third-order valence-electron chi connectivity index (χ3n) is 16.8. The normalized spacial score (nSPS) is 17.4. The van der Waals surface area contributed by atoms with Crippen molar-refractivity contribution in [1.82, 2.24) is 14.7 Å². The summed E-state index contributed by atoms with van der Waals surface area (Å²) >= 11 is 0. The van der Waals surface area contributed by atoms with Crippen LogP contribution in [0.15, 0.2) is 140 Å². The highest BCUT2D eigenvalue weighted by molar-refractivity contribution is 5.72. The molecule has 7 heterocycles. The number of phenols is 3. The molecule has 0 amide bonds. The highest BCUT2D eigenvalue weighted by atomic mass is 16.5. The Balaban J connectivity index is 1.07. The lowest BCUT2D eigenvalue weighted by atomic mass is 9.90. The highest BCUT2D eigenvalue weighted by Crippen LogP contribution is 2.45. The van der Waals surface area contributed by atoms with Crippen LogP contribution in [-0.4, -0.2) is 78.1 Å². The minimum Gasteiger partial charge on any atom is -0.507 e. The van der Waals surface area contributed by atoms with E-state index in [1.807, 2.05) is 49.4 Å². The van der Waals surface area contributed by atoms with E-state index in [0.29, 0.717) is 70.0 Å². The van der Waals surface area contributed by atoms with Crippen LogP contribution >= 0.6 is 0 Å². The fraction of sp³-hybridized carbons (Fsp3) is 0.286. The molecule has 3 N–H and O–H groups in total. The maximum Gasteiger partial charge on any atom is 0.163 e. The lowest BCUT2D eigenvalue weighted by Crippen LogP contribution is -2.34. The van der Waals surface area contributed by atoms with E-state index < -0.39 is 0 Å². The molecular formula is C63H60N6O7. The molecule has 13 nitrogen and oxygen atoms in total. The number of aryl methyl sites for hydroxylation is 2. The zero-order chi connectivity index (χ0) is 52.1. The summed E-state index contributed by atoms with van der Waals surface area (Å²) in [6, 6.07) is 30.8. The smallest absolute Gasteiger partial charge is 0.163 e. The van der Waals surface area contributed by atoms with Crippen LogP contribution in [0.1, 0.15) is 63.8 Å². The van der Waals surface area contributed by atoms with E-state index in [2.05, 4.69) is 70.2 Å². The summed E-state index contributed by atoms with van der Waals surface area (Å²) in [5.74, 6) is 2.68. The van der Waals surface area contributed by atoms with Gasteiger partial charge in [-0.15, -0.1) is 0 Å². The van der Waals surface area contributed by atoms with Gasteiger partial charge in [-0.05, 0) is 120 Å². The maximum atomic E-state index is 12.5. The van der Waals surface area contributed by atoms with E-state index in [9.17, 15) is 15.3 Å². The third-order valence-corrected chi connectivity index (χ3v) is 16.8. The largest absolute Gasteiger partial charge is 0.507 e. The Labute approximate surface area is 440 Å². The molecule has 0 aromatic heterocycles. The second kappa shape index (κ2) is 18.4. The Morgan fingerprint density at radius 1 is 0.421 bits per heavy atom. The number of nitrogens with zero attached hydrogens (tertiary/aromatic N) is 6. The lowest BCUT2D eigenvalue weighted by Gasteiger charge is -2.38. The molecule has 0 saturated heterocycles. The quantitative estimate of drug-likeness (QED) is 0.187. The summed E-state index contributed by atoms with van der Waals surface area (Å²) < 4.78 is 23.1. The molecule has 0 aliphatic carbocycles. The highest BCUT2D eigenvalue weighted by Gasteiger charge is 2.35. The van der Waals surface area contributed by atoms with Gasteiger partial charge in [-0.3, -0.25) is 0 Å².